The number of halogens is 6. The number of nitrogens with zero attached hydrogens (tertiary/aromatic N) is 1. The van der Waals surface area contributed by atoms with Gasteiger partial charge in [0, 0.05) is 6.20 Å². The van der Waals surface area contributed by atoms with Crippen molar-refractivity contribution in [3.8, 4) is 0 Å². The molecule has 1 rings (SSSR count). The highest BCUT2D eigenvalue weighted by Gasteiger charge is 2.35. The van der Waals surface area contributed by atoms with Crippen molar-refractivity contribution < 1.29 is 26.3 Å². The van der Waals surface area contributed by atoms with Crippen LogP contribution in [0.3, 0.4) is 0 Å². The van der Waals surface area contributed by atoms with Gasteiger partial charge in [0.05, 0.1) is 5.56 Å². The quantitative estimate of drug-likeness (QED) is 0.605. The molecule has 1 aromatic rings. The lowest BCUT2D eigenvalue weighted by molar-refractivity contribution is -0.144. The first-order valence-electron chi connectivity index (χ1n) is 3.23. The molecule has 7 heteroatoms. The number of rotatable bonds is 0. The molecule has 1 heterocycles. The molecule has 1 radical (unpaired) electrons. The van der Waals surface area contributed by atoms with Crippen LogP contribution in [0.15, 0.2) is 12.3 Å². The van der Waals surface area contributed by atoms with E-state index in [4.69, 9.17) is 0 Å². The Bertz CT molecular complexity index is 275. The van der Waals surface area contributed by atoms with Gasteiger partial charge in [-0.3, -0.25) is 4.98 Å². The topological polar surface area (TPSA) is 12.9 Å². The van der Waals surface area contributed by atoms with Crippen LogP contribution in [0.25, 0.3) is 0 Å². The fourth-order valence-corrected chi connectivity index (χ4v) is 0.665. The SMILES string of the molecule is FC(F)(F)c1[c]cc(C(F)(F)F)nc1. The van der Waals surface area contributed by atoms with Crippen LogP contribution < -0.4 is 0 Å². The maximum Gasteiger partial charge on any atom is 0.433 e. The number of aromatic nitrogens is 1. The minimum absolute atomic E-state index is 0.100. The van der Waals surface area contributed by atoms with Crippen molar-refractivity contribution in [2.45, 2.75) is 12.4 Å². The first-order valence-corrected chi connectivity index (χ1v) is 3.23. The van der Waals surface area contributed by atoms with Crippen LogP contribution in [0, 0.1) is 6.07 Å². The van der Waals surface area contributed by atoms with Gasteiger partial charge < -0.3 is 0 Å². The third-order valence-corrected chi connectivity index (χ3v) is 1.29. The van der Waals surface area contributed by atoms with Crippen molar-refractivity contribution >= 4 is 0 Å². The van der Waals surface area contributed by atoms with Crippen molar-refractivity contribution in [2.24, 2.45) is 0 Å². The van der Waals surface area contributed by atoms with Crippen LogP contribution in [0.2, 0.25) is 0 Å². The Labute approximate surface area is 74.4 Å². The van der Waals surface area contributed by atoms with E-state index in [9.17, 15) is 26.3 Å². The first kappa shape index (κ1) is 10.8. The summed E-state index contributed by atoms with van der Waals surface area (Å²) in [5.74, 6) is 0. The van der Waals surface area contributed by atoms with Crippen molar-refractivity contribution in [3.05, 3.63) is 29.6 Å². The van der Waals surface area contributed by atoms with Gasteiger partial charge in [-0.05, 0) is 12.1 Å². The normalized spacial score (nSPS) is 13.0. The Balaban J connectivity index is 3.02. The molecule has 1 aromatic heterocycles. The smallest absolute Gasteiger partial charge is 0.251 e. The average molecular weight is 214 g/mol. The maximum atomic E-state index is 11.9. The zero-order valence-electron chi connectivity index (χ0n) is 6.37. The predicted octanol–water partition coefficient (Wildman–Crippen LogP) is 2.92. The van der Waals surface area contributed by atoms with E-state index in [2.05, 4.69) is 4.98 Å². The highest BCUT2D eigenvalue weighted by Crippen LogP contribution is 2.31. The van der Waals surface area contributed by atoms with Crippen molar-refractivity contribution in [1.29, 1.82) is 0 Å². The highest BCUT2D eigenvalue weighted by molar-refractivity contribution is 5.16. The molecule has 0 aromatic carbocycles. The molecule has 0 N–H and O–H groups in total. The Morgan fingerprint density at radius 1 is 1.00 bits per heavy atom. The van der Waals surface area contributed by atoms with Gasteiger partial charge >= 0.3 is 12.4 Å². The molecule has 0 atom stereocenters. The summed E-state index contributed by atoms with van der Waals surface area (Å²) in [5, 5.41) is 0. The van der Waals surface area contributed by atoms with Gasteiger partial charge in [-0.25, -0.2) is 0 Å². The lowest BCUT2D eigenvalue weighted by Crippen LogP contribution is -2.11. The summed E-state index contributed by atoms with van der Waals surface area (Å²) in [6.07, 6.45) is -9.37. The lowest BCUT2D eigenvalue weighted by atomic mass is 10.2. The van der Waals surface area contributed by atoms with E-state index < -0.39 is 23.6 Å². The van der Waals surface area contributed by atoms with Crippen molar-refractivity contribution in [3.63, 3.8) is 0 Å². The molecule has 0 aliphatic heterocycles. The Morgan fingerprint density at radius 3 is 1.86 bits per heavy atom. The Kier molecular flexibility index (Phi) is 2.43. The number of hydrogen-bond acceptors (Lipinski definition) is 1. The first-order chi connectivity index (χ1) is 6.21. The molecule has 0 saturated carbocycles. The van der Waals surface area contributed by atoms with Crippen LogP contribution in [-0.4, -0.2) is 4.98 Å². The van der Waals surface area contributed by atoms with Crippen LogP contribution in [0.1, 0.15) is 11.3 Å². The monoisotopic (exact) mass is 214 g/mol. The molecule has 0 unspecified atom stereocenters. The van der Waals surface area contributed by atoms with Gasteiger partial charge in [0.1, 0.15) is 5.69 Å². The van der Waals surface area contributed by atoms with Gasteiger partial charge in [-0.15, -0.1) is 0 Å². The van der Waals surface area contributed by atoms with E-state index in [1.54, 1.807) is 0 Å². The lowest BCUT2D eigenvalue weighted by Gasteiger charge is -2.07. The Hall–Kier alpha value is -1.27. The van der Waals surface area contributed by atoms with E-state index >= 15 is 0 Å². The third kappa shape index (κ3) is 2.36. The van der Waals surface area contributed by atoms with Gasteiger partial charge in [-0.1, -0.05) is 0 Å². The maximum absolute atomic E-state index is 11.9. The molecule has 0 spiro atoms. The molecule has 1 nitrogen and oxygen atoms in total. The average Bonchev–Trinajstić information content (AvgIpc) is 2.01. The Morgan fingerprint density at radius 2 is 1.57 bits per heavy atom. The molecule has 0 amide bonds. The molecular weight excluding hydrogens is 212 g/mol. The minimum atomic E-state index is -4.75. The second-order valence-corrected chi connectivity index (χ2v) is 2.34. The van der Waals surface area contributed by atoms with Crippen LogP contribution >= 0.6 is 0 Å². The molecule has 0 fully saturated rings. The predicted molar refractivity (Wildman–Crippen MR) is 33.1 cm³/mol. The molecule has 0 aliphatic carbocycles. The fourth-order valence-electron chi connectivity index (χ4n) is 0.665. The van der Waals surface area contributed by atoms with Crippen molar-refractivity contribution in [2.75, 3.05) is 0 Å². The van der Waals surface area contributed by atoms with E-state index in [0.717, 1.165) is 0 Å². The zero-order valence-corrected chi connectivity index (χ0v) is 6.37. The second kappa shape index (κ2) is 3.14. The largest absolute Gasteiger partial charge is 0.433 e. The number of pyridine rings is 1. The summed E-state index contributed by atoms with van der Waals surface area (Å²) < 4.78 is 71.1. The van der Waals surface area contributed by atoms with Crippen LogP contribution in [0.4, 0.5) is 26.3 Å². The van der Waals surface area contributed by atoms with Gasteiger partial charge in [0.15, 0.2) is 0 Å². The highest BCUT2D eigenvalue weighted by atomic mass is 19.4. The zero-order chi connectivity index (χ0) is 11.0. The van der Waals surface area contributed by atoms with Crippen LogP contribution in [0.5, 0.6) is 0 Å². The van der Waals surface area contributed by atoms with Gasteiger partial charge in [0.25, 0.3) is 0 Å². The minimum Gasteiger partial charge on any atom is -0.251 e. The standard InChI is InChI=1S/C7H2F6N/c8-6(9,10)4-1-2-5(14-3-4)7(11,12)13/h2-3H. The van der Waals surface area contributed by atoms with E-state index in [0.29, 0.717) is 0 Å². The number of alkyl halides is 6. The van der Waals surface area contributed by atoms with Gasteiger partial charge in [-0.2, -0.15) is 26.3 Å². The summed E-state index contributed by atoms with van der Waals surface area (Å²) >= 11 is 0. The summed E-state index contributed by atoms with van der Waals surface area (Å²) in [7, 11) is 0. The summed E-state index contributed by atoms with van der Waals surface area (Å²) in [6, 6.07) is 1.65. The summed E-state index contributed by atoms with van der Waals surface area (Å²) in [5.41, 5.74) is -2.73. The molecule has 14 heavy (non-hydrogen) atoms. The molecule has 0 aliphatic rings. The summed E-state index contributed by atoms with van der Waals surface area (Å²) in [4.78, 5) is 2.64. The molecule has 77 valence electrons. The van der Waals surface area contributed by atoms with E-state index in [1.807, 2.05) is 0 Å². The van der Waals surface area contributed by atoms with E-state index in [1.165, 1.54) is 6.07 Å². The molecule has 0 bridgehead atoms. The third-order valence-electron chi connectivity index (χ3n) is 1.29. The molecular formula is C7H2F6N. The fraction of sp³-hybridized carbons (Fsp3) is 0.286. The number of hydrogen-bond donors (Lipinski definition) is 0. The summed E-state index contributed by atoms with van der Waals surface area (Å²) in [6.45, 7) is 0. The van der Waals surface area contributed by atoms with E-state index in [-0.39, 0.29) is 12.3 Å². The molecule has 0 saturated heterocycles. The van der Waals surface area contributed by atoms with Crippen LogP contribution in [-0.2, 0) is 12.4 Å². The van der Waals surface area contributed by atoms with Crippen molar-refractivity contribution in [1.82, 2.24) is 4.98 Å². The van der Waals surface area contributed by atoms with Gasteiger partial charge in [0.2, 0.25) is 0 Å². The second-order valence-electron chi connectivity index (χ2n) is 2.34.